The van der Waals surface area contributed by atoms with Crippen LogP contribution in [0.25, 0.3) is 0 Å². The van der Waals surface area contributed by atoms with Crippen molar-refractivity contribution in [2.24, 2.45) is 12.0 Å². The number of rotatable bonds is 5. The number of anilines is 1. The number of hydrogen-bond acceptors (Lipinski definition) is 3. The maximum Gasteiger partial charge on any atom is 0.191 e. The van der Waals surface area contributed by atoms with E-state index >= 15 is 0 Å². The molecule has 6 nitrogen and oxygen atoms in total. The van der Waals surface area contributed by atoms with E-state index in [0.717, 1.165) is 37.7 Å². The number of nitrogens with zero attached hydrogens (tertiary/aromatic N) is 4. The Kier molecular flexibility index (Phi) is 7.74. The summed E-state index contributed by atoms with van der Waals surface area (Å²) in [5.74, 6) is 0.874. The Bertz CT molecular complexity index is 709. The summed E-state index contributed by atoms with van der Waals surface area (Å²) in [5, 5.41) is 11.1. The highest BCUT2D eigenvalue weighted by Crippen LogP contribution is 2.20. The fraction of sp³-hybridized carbons (Fsp3) is 0.474. The third kappa shape index (κ3) is 5.36. The minimum absolute atomic E-state index is 0. The number of aryl methyl sites for hydroxylation is 2. The minimum atomic E-state index is 0. The van der Waals surface area contributed by atoms with Crippen LogP contribution in [0.2, 0.25) is 0 Å². The highest BCUT2D eigenvalue weighted by molar-refractivity contribution is 14.0. The predicted molar refractivity (Wildman–Crippen MR) is 118 cm³/mol. The van der Waals surface area contributed by atoms with Crippen LogP contribution in [0.15, 0.2) is 41.5 Å². The summed E-state index contributed by atoms with van der Waals surface area (Å²) < 4.78 is 1.86. The first-order valence-electron chi connectivity index (χ1n) is 8.99. The summed E-state index contributed by atoms with van der Waals surface area (Å²) in [6.07, 6.45) is 2.92. The van der Waals surface area contributed by atoms with Crippen LogP contribution in [0.4, 0.5) is 5.69 Å². The van der Waals surface area contributed by atoms with E-state index in [0.29, 0.717) is 12.6 Å². The van der Waals surface area contributed by atoms with Gasteiger partial charge in [0.15, 0.2) is 5.96 Å². The molecule has 0 radical (unpaired) electrons. The van der Waals surface area contributed by atoms with Gasteiger partial charge in [0.05, 0.1) is 12.2 Å². The molecule has 1 saturated heterocycles. The van der Waals surface area contributed by atoms with Gasteiger partial charge in [0.25, 0.3) is 0 Å². The van der Waals surface area contributed by atoms with Gasteiger partial charge in [-0.15, -0.1) is 24.0 Å². The molecule has 1 aromatic heterocycles. The molecule has 1 aromatic carbocycles. The molecule has 7 heteroatoms. The normalized spacial score (nSPS) is 17.1. The van der Waals surface area contributed by atoms with Gasteiger partial charge in [-0.3, -0.25) is 4.68 Å². The monoisotopic (exact) mass is 468 g/mol. The first kappa shape index (κ1) is 20.5. The molecule has 142 valence electrons. The van der Waals surface area contributed by atoms with Crippen molar-refractivity contribution in [3.05, 3.63) is 47.8 Å². The van der Waals surface area contributed by atoms with Gasteiger partial charge in [-0.2, -0.15) is 5.10 Å². The lowest BCUT2D eigenvalue weighted by molar-refractivity contribution is 0.645. The summed E-state index contributed by atoms with van der Waals surface area (Å²) >= 11 is 0. The first-order valence-corrected chi connectivity index (χ1v) is 8.99. The van der Waals surface area contributed by atoms with Crippen LogP contribution >= 0.6 is 24.0 Å². The summed E-state index contributed by atoms with van der Waals surface area (Å²) in [7, 11) is 1.95. The highest BCUT2D eigenvalue weighted by Gasteiger charge is 2.23. The molecule has 3 rings (SSSR count). The van der Waals surface area contributed by atoms with Crippen LogP contribution < -0.4 is 15.5 Å². The average molecular weight is 468 g/mol. The predicted octanol–water partition coefficient (Wildman–Crippen LogP) is 2.68. The summed E-state index contributed by atoms with van der Waals surface area (Å²) in [5.41, 5.74) is 3.70. The van der Waals surface area contributed by atoms with Crippen molar-refractivity contribution in [3.63, 3.8) is 0 Å². The fourth-order valence-corrected chi connectivity index (χ4v) is 3.10. The van der Waals surface area contributed by atoms with E-state index in [-0.39, 0.29) is 24.0 Å². The molecule has 0 amide bonds. The second-order valence-corrected chi connectivity index (χ2v) is 6.55. The van der Waals surface area contributed by atoms with E-state index < -0.39 is 0 Å². The number of nitrogens with one attached hydrogen (secondary N) is 2. The maximum atomic E-state index is 4.70. The first-order chi connectivity index (χ1) is 12.2. The van der Waals surface area contributed by atoms with Gasteiger partial charge < -0.3 is 15.5 Å². The van der Waals surface area contributed by atoms with Gasteiger partial charge in [-0.1, -0.05) is 17.7 Å². The quantitative estimate of drug-likeness (QED) is 0.403. The third-order valence-corrected chi connectivity index (χ3v) is 4.59. The maximum absolute atomic E-state index is 4.70. The van der Waals surface area contributed by atoms with Crippen LogP contribution in [0.3, 0.4) is 0 Å². The van der Waals surface area contributed by atoms with E-state index in [1.165, 1.54) is 11.3 Å². The number of benzene rings is 1. The Morgan fingerprint density at radius 1 is 1.27 bits per heavy atom. The van der Waals surface area contributed by atoms with Crippen molar-refractivity contribution in [2.45, 2.75) is 32.9 Å². The molecule has 2 aromatic rings. The Morgan fingerprint density at radius 2 is 2.04 bits per heavy atom. The lowest BCUT2D eigenvalue weighted by Gasteiger charge is -2.20. The van der Waals surface area contributed by atoms with E-state index in [1.54, 1.807) is 0 Å². The molecule has 0 bridgehead atoms. The Morgan fingerprint density at radius 3 is 2.69 bits per heavy atom. The van der Waals surface area contributed by atoms with E-state index in [4.69, 9.17) is 4.99 Å². The zero-order chi connectivity index (χ0) is 17.6. The molecule has 26 heavy (non-hydrogen) atoms. The molecule has 1 unspecified atom stereocenters. The number of halogens is 1. The van der Waals surface area contributed by atoms with Crippen LogP contribution in [-0.4, -0.2) is 41.4 Å². The molecule has 2 N–H and O–H groups in total. The van der Waals surface area contributed by atoms with Crippen molar-refractivity contribution in [1.29, 1.82) is 0 Å². The van der Waals surface area contributed by atoms with Gasteiger partial charge >= 0.3 is 0 Å². The Labute approximate surface area is 173 Å². The second-order valence-electron chi connectivity index (χ2n) is 6.55. The average Bonchev–Trinajstić information content (AvgIpc) is 3.23. The van der Waals surface area contributed by atoms with Crippen molar-refractivity contribution in [2.75, 3.05) is 24.5 Å². The number of hydrogen-bond donors (Lipinski definition) is 2. The largest absolute Gasteiger partial charge is 0.369 e. The molecular weight excluding hydrogens is 439 g/mol. The van der Waals surface area contributed by atoms with Crippen LogP contribution in [0.1, 0.15) is 24.6 Å². The lowest BCUT2D eigenvalue weighted by Crippen LogP contribution is -2.44. The smallest absolute Gasteiger partial charge is 0.191 e. The molecule has 1 aliphatic rings. The molecule has 1 aliphatic heterocycles. The van der Waals surface area contributed by atoms with Gasteiger partial charge in [0, 0.05) is 44.6 Å². The highest BCUT2D eigenvalue weighted by atomic mass is 127. The van der Waals surface area contributed by atoms with Gasteiger partial charge in [0.1, 0.15) is 0 Å². The standard InChI is InChI=1S/C19H28N6.HI/c1-4-20-19(21-13-18-9-11-22-24(18)3)23-16-10-12-25(14-16)17-7-5-15(2)6-8-17;/h5-9,11,16H,4,10,12-14H2,1-3H3,(H2,20,21,23);1H. The summed E-state index contributed by atoms with van der Waals surface area (Å²) in [4.78, 5) is 7.14. The van der Waals surface area contributed by atoms with Crippen LogP contribution in [-0.2, 0) is 13.6 Å². The van der Waals surface area contributed by atoms with Crippen molar-refractivity contribution in [1.82, 2.24) is 20.4 Å². The minimum Gasteiger partial charge on any atom is -0.369 e. The summed E-state index contributed by atoms with van der Waals surface area (Å²) in [6.45, 7) is 7.76. The molecular formula is C19H29IN6. The van der Waals surface area contributed by atoms with Crippen LogP contribution in [0, 0.1) is 6.92 Å². The Balaban J connectivity index is 0.00000243. The van der Waals surface area contributed by atoms with E-state index in [2.05, 4.69) is 58.7 Å². The van der Waals surface area contributed by atoms with Gasteiger partial charge in [-0.05, 0) is 38.5 Å². The number of aromatic nitrogens is 2. The van der Waals surface area contributed by atoms with Crippen molar-refractivity contribution < 1.29 is 0 Å². The molecule has 1 atom stereocenters. The van der Waals surface area contributed by atoms with Gasteiger partial charge in [-0.25, -0.2) is 4.99 Å². The van der Waals surface area contributed by atoms with E-state index in [1.807, 2.05) is 24.0 Å². The molecule has 0 spiro atoms. The Hall–Kier alpha value is -1.77. The van der Waals surface area contributed by atoms with Crippen molar-refractivity contribution >= 4 is 35.6 Å². The SMILES string of the molecule is CCNC(=NCc1ccnn1C)NC1CCN(c2ccc(C)cc2)C1.I. The number of guanidine groups is 1. The fourth-order valence-electron chi connectivity index (χ4n) is 3.10. The zero-order valence-electron chi connectivity index (χ0n) is 15.8. The molecule has 1 fully saturated rings. The molecule has 0 aliphatic carbocycles. The molecule has 0 saturated carbocycles. The topological polar surface area (TPSA) is 57.5 Å². The lowest BCUT2D eigenvalue weighted by atomic mass is 10.2. The van der Waals surface area contributed by atoms with Crippen molar-refractivity contribution in [3.8, 4) is 0 Å². The second kappa shape index (κ2) is 9.80. The summed E-state index contributed by atoms with van der Waals surface area (Å²) in [6, 6.07) is 11.2. The van der Waals surface area contributed by atoms with Gasteiger partial charge in [0.2, 0.25) is 0 Å². The van der Waals surface area contributed by atoms with Crippen LogP contribution in [0.5, 0.6) is 0 Å². The number of aliphatic imine (C=N–C) groups is 1. The third-order valence-electron chi connectivity index (χ3n) is 4.59. The zero-order valence-corrected chi connectivity index (χ0v) is 18.1. The molecule has 2 heterocycles. The van der Waals surface area contributed by atoms with E-state index in [9.17, 15) is 0 Å².